The van der Waals surface area contributed by atoms with Crippen molar-refractivity contribution in [1.82, 2.24) is 15.0 Å². The predicted octanol–water partition coefficient (Wildman–Crippen LogP) is 1.30. The minimum Gasteiger partial charge on any atom is -0.490 e. The molecular formula is C23H22ClN7O5. The summed E-state index contributed by atoms with van der Waals surface area (Å²) >= 11 is 6.01. The summed E-state index contributed by atoms with van der Waals surface area (Å²) in [5.74, 6) is -1.46. The van der Waals surface area contributed by atoms with E-state index in [0.717, 1.165) is 0 Å². The lowest BCUT2D eigenvalue weighted by Crippen LogP contribution is -2.41. The summed E-state index contributed by atoms with van der Waals surface area (Å²) < 4.78 is 11.1. The number of benzene rings is 1. The van der Waals surface area contributed by atoms with Gasteiger partial charge < -0.3 is 25.8 Å². The van der Waals surface area contributed by atoms with Gasteiger partial charge in [0.25, 0.3) is 17.7 Å². The van der Waals surface area contributed by atoms with Crippen molar-refractivity contribution >= 4 is 46.5 Å². The highest BCUT2D eigenvalue weighted by molar-refractivity contribution is 6.30. The highest BCUT2D eigenvalue weighted by atomic mass is 35.5. The number of hydrogen-bond acceptors (Lipinski definition) is 9. The van der Waals surface area contributed by atoms with Crippen LogP contribution in [0.2, 0.25) is 5.02 Å². The lowest BCUT2D eigenvalue weighted by molar-refractivity contribution is -0.125. The van der Waals surface area contributed by atoms with Crippen molar-refractivity contribution in [3.05, 3.63) is 65.3 Å². The number of primary amides is 1. The summed E-state index contributed by atoms with van der Waals surface area (Å²) in [4.78, 5) is 53.1. The van der Waals surface area contributed by atoms with Crippen LogP contribution in [0.5, 0.6) is 5.75 Å². The first kappa shape index (κ1) is 25.0. The molecule has 1 aliphatic heterocycles. The van der Waals surface area contributed by atoms with Crippen molar-refractivity contribution in [2.45, 2.75) is 0 Å². The van der Waals surface area contributed by atoms with Crippen LogP contribution in [0.1, 0.15) is 21.0 Å². The summed E-state index contributed by atoms with van der Waals surface area (Å²) in [5.41, 5.74) is 11.3. The Labute approximate surface area is 210 Å². The van der Waals surface area contributed by atoms with Crippen molar-refractivity contribution in [1.29, 1.82) is 0 Å². The van der Waals surface area contributed by atoms with Gasteiger partial charge in [-0.05, 0) is 24.3 Å². The van der Waals surface area contributed by atoms with E-state index in [-0.39, 0.29) is 54.3 Å². The van der Waals surface area contributed by atoms with E-state index >= 15 is 0 Å². The van der Waals surface area contributed by atoms with Crippen LogP contribution in [-0.4, -0.2) is 65.6 Å². The molecule has 186 valence electrons. The molecule has 3 aromatic rings. The molecule has 1 aliphatic rings. The molecule has 0 atom stereocenters. The molecule has 0 bridgehead atoms. The maximum Gasteiger partial charge on any atom is 0.285 e. The van der Waals surface area contributed by atoms with Crippen LogP contribution in [0, 0.1) is 0 Å². The van der Waals surface area contributed by atoms with Crippen molar-refractivity contribution in [2.24, 2.45) is 11.5 Å². The number of pyridine rings is 1. The minimum absolute atomic E-state index is 0.0391. The molecule has 1 saturated heterocycles. The number of amides is 3. The van der Waals surface area contributed by atoms with Gasteiger partial charge in [-0.25, -0.2) is 15.0 Å². The number of halogens is 1. The fraction of sp³-hybridized carbons (Fsp3) is 0.217. The lowest BCUT2D eigenvalue weighted by atomic mass is 10.1. The van der Waals surface area contributed by atoms with Crippen LogP contribution in [0.4, 0.5) is 17.2 Å². The number of nitrogens with zero attached hydrogens (tertiary/aromatic N) is 5. The minimum atomic E-state index is -0.920. The second-order valence-electron chi connectivity index (χ2n) is 7.48. The molecule has 0 unspecified atom stereocenters. The number of anilines is 3. The average Bonchev–Trinajstić information content (AvgIpc) is 2.89. The molecule has 3 heterocycles. The summed E-state index contributed by atoms with van der Waals surface area (Å²) in [6.45, 7) is 1.03. The number of aromatic nitrogens is 3. The average molecular weight is 512 g/mol. The zero-order valence-electron chi connectivity index (χ0n) is 19.0. The van der Waals surface area contributed by atoms with Gasteiger partial charge in [-0.1, -0.05) is 11.6 Å². The van der Waals surface area contributed by atoms with Gasteiger partial charge in [0.15, 0.2) is 11.4 Å². The Hall–Kier alpha value is -4.13. The van der Waals surface area contributed by atoms with E-state index in [1.54, 1.807) is 29.2 Å². The first-order chi connectivity index (χ1) is 17.4. The molecular weight excluding hydrogens is 490 g/mol. The van der Waals surface area contributed by atoms with E-state index in [4.69, 9.17) is 32.5 Å². The molecule has 0 saturated carbocycles. The Morgan fingerprint density at radius 3 is 2.58 bits per heavy atom. The maximum atomic E-state index is 13.8. The molecule has 36 heavy (non-hydrogen) atoms. The van der Waals surface area contributed by atoms with E-state index < -0.39 is 11.8 Å². The topological polar surface area (TPSA) is 167 Å². The number of hydrogen-bond donors (Lipinski definition) is 2. The molecule has 1 aromatic carbocycles. The second kappa shape index (κ2) is 11.1. The smallest absolute Gasteiger partial charge is 0.285 e. The van der Waals surface area contributed by atoms with Gasteiger partial charge in [-0.2, -0.15) is 0 Å². The van der Waals surface area contributed by atoms with E-state index in [0.29, 0.717) is 23.9 Å². The second-order valence-corrected chi connectivity index (χ2v) is 7.92. The van der Waals surface area contributed by atoms with Gasteiger partial charge in [0, 0.05) is 43.4 Å². The third kappa shape index (κ3) is 5.25. The van der Waals surface area contributed by atoms with Crippen LogP contribution < -0.4 is 26.0 Å². The van der Waals surface area contributed by atoms with Gasteiger partial charge >= 0.3 is 0 Å². The van der Waals surface area contributed by atoms with Crippen LogP contribution in [0.15, 0.2) is 48.9 Å². The van der Waals surface area contributed by atoms with Crippen molar-refractivity contribution < 1.29 is 23.9 Å². The quantitative estimate of drug-likeness (QED) is 0.453. The van der Waals surface area contributed by atoms with E-state index in [2.05, 4.69) is 15.0 Å². The van der Waals surface area contributed by atoms with E-state index in [1.165, 1.54) is 29.6 Å². The van der Waals surface area contributed by atoms with Gasteiger partial charge in [0.1, 0.15) is 24.8 Å². The highest BCUT2D eigenvalue weighted by Crippen LogP contribution is 2.38. The lowest BCUT2D eigenvalue weighted by Gasteiger charge is -2.29. The zero-order valence-corrected chi connectivity index (χ0v) is 19.7. The number of rotatable bonds is 8. The molecule has 0 spiro atoms. The Kier molecular flexibility index (Phi) is 7.68. The Morgan fingerprint density at radius 1 is 1.14 bits per heavy atom. The summed E-state index contributed by atoms with van der Waals surface area (Å²) in [5, 5.41) is 0.351. The SMILES string of the molecule is NCCOc1cc(N2CCOCC2=O)ccc1N(C(=O)c1nccnc1C(N)=O)c1ccc(Cl)cn1. The number of carbonyl (C=O) groups is 3. The predicted molar refractivity (Wildman–Crippen MR) is 130 cm³/mol. The van der Waals surface area contributed by atoms with Gasteiger partial charge in [0.2, 0.25) is 0 Å². The molecule has 0 aliphatic carbocycles. The van der Waals surface area contributed by atoms with Gasteiger partial charge in [0.05, 0.1) is 17.3 Å². The Bertz CT molecular complexity index is 1290. The molecule has 4 rings (SSSR count). The molecule has 1 fully saturated rings. The number of morpholine rings is 1. The fourth-order valence-corrected chi connectivity index (χ4v) is 3.66. The van der Waals surface area contributed by atoms with Crippen molar-refractivity contribution in [2.75, 3.05) is 42.7 Å². The molecule has 0 radical (unpaired) electrons. The Morgan fingerprint density at radius 2 is 1.92 bits per heavy atom. The summed E-state index contributed by atoms with van der Waals surface area (Å²) in [6, 6.07) is 7.95. The highest BCUT2D eigenvalue weighted by Gasteiger charge is 2.30. The van der Waals surface area contributed by atoms with Crippen molar-refractivity contribution in [3.63, 3.8) is 0 Å². The van der Waals surface area contributed by atoms with Crippen LogP contribution in [-0.2, 0) is 9.53 Å². The van der Waals surface area contributed by atoms with Gasteiger partial charge in [-0.3, -0.25) is 19.3 Å². The third-order valence-electron chi connectivity index (χ3n) is 5.14. The van der Waals surface area contributed by atoms with E-state index in [9.17, 15) is 14.4 Å². The van der Waals surface area contributed by atoms with Gasteiger partial charge in [-0.15, -0.1) is 0 Å². The number of ether oxygens (including phenoxy) is 2. The molecule has 12 nitrogen and oxygen atoms in total. The normalized spacial score (nSPS) is 13.4. The molecule has 3 amide bonds. The Balaban J connectivity index is 1.86. The van der Waals surface area contributed by atoms with Crippen LogP contribution >= 0.6 is 11.6 Å². The first-order valence-electron chi connectivity index (χ1n) is 10.8. The summed E-state index contributed by atoms with van der Waals surface area (Å²) in [6.07, 6.45) is 3.89. The molecule has 4 N–H and O–H groups in total. The standard InChI is InChI=1S/C23H22ClN7O5/c24-14-1-4-18(29-12-14)31(23(34)21-20(22(26)33)27-6-7-28-21)16-3-2-15(11-17(16)36-9-5-25)30-8-10-35-13-19(30)32/h1-4,6-7,11-12H,5,8-10,13,25H2,(H2,26,33). The third-order valence-corrected chi connectivity index (χ3v) is 5.36. The maximum absolute atomic E-state index is 13.8. The summed E-state index contributed by atoms with van der Waals surface area (Å²) in [7, 11) is 0. The molecule has 2 aromatic heterocycles. The number of carbonyl (C=O) groups excluding carboxylic acids is 3. The van der Waals surface area contributed by atoms with Crippen LogP contribution in [0.3, 0.4) is 0 Å². The van der Waals surface area contributed by atoms with Crippen LogP contribution in [0.25, 0.3) is 0 Å². The van der Waals surface area contributed by atoms with Crippen molar-refractivity contribution in [3.8, 4) is 5.75 Å². The largest absolute Gasteiger partial charge is 0.490 e. The monoisotopic (exact) mass is 511 g/mol. The fourth-order valence-electron chi connectivity index (χ4n) is 3.55. The first-order valence-corrected chi connectivity index (χ1v) is 11.2. The number of nitrogens with two attached hydrogens (primary N) is 2. The van der Waals surface area contributed by atoms with E-state index in [1.807, 2.05) is 0 Å². The zero-order chi connectivity index (χ0) is 25.7. The molecule has 13 heteroatoms.